The standard InChI is InChI=1S/C29H31NO3/c1-29(2)30(27-24-16-10-9-15-22(24)19-26(27)33-29)28(32)23(17-20-11-5-3-6-12-20)18-25(31)21-13-7-4-8-14-21/h3-16,23,25-27,31H,17-19H2,1-2H3/t23-,25-,26-,27+/m1/s1. The molecular formula is C29H31NO3. The molecular weight excluding hydrogens is 410 g/mol. The van der Waals surface area contributed by atoms with E-state index in [1.54, 1.807) is 0 Å². The topological polar surface area (TPSA) is 49.8 Å². The summed E-state index contributed by atoms with van der Waals surface area (Å²) in [7, 11) is 0. The lowest BCUT2D eigenvalue weighted by molar-refractivity contribution is -0.153. The molecule has 1 aliphatic heterocycles. The van der Waals surface area contributed by atoms with E-state index in [9.17, 15) is 9.90 Å². The number of hydrogen-bond donors (Lipinski definition) is 1. The third-order valence-electron chi connectivity index (χ3n) is 7.05. The van der Waals surface area contributed by atoms with Crippen molar-refractivity contribution in [2.45, 2.75) is 57.1 Å². The van der Waals surface area contributed by atoms with Crippen molar-refractivity contribution in [2.75, 3.05) is 0 Å². The average Bonchev–Trinajstić information content (AvgIpc) is 3.29. The Hall–Kier alpha value is -2.95. The second kappa shape index (κ2) is 8.77. The van der Waals surface area contributed by atoms with Crippen molar-refractivity contribution in [1.82, 2.24) is 4.90 Å². The van der Waals surface area contributed by atoms with Crippen molar-refractivity contribution in [1.29, 1.82) is 0 Å². The van der Waals surface area contributed by atoms with Crippen LogP contribution in [0.15, 0.2) is 84.9 Å². The fourth-order valence-corrected chi connectivity index (χ4v) is 5.56. The highest BCUT2D eigenvalue weighted by Gasteiger charge is 2.54. The zero-order valence-corrected chi connectivity index (χ0v) is 19.2. The maximum Gasteiger partial charge on any atom is 0.228 e. The average molecular weight is 442 g/mol. The summed E-state index contributed by atoms with van der Waals surface area (Å²) in [6.07, 6.45) is 1.03. The van der Waals surface area contributed by atoms with E-state index in [-0.39, 0.29) is 24.0 Å². The molecule has 0 spiro atoms. The number of rotatable bonds is 6. The van der Waals surface area contributed by atoms with E-state index in [0.29, 0.717) is 12.8 Å². The smallest absolute Gasteiger partial charge is 0.228 e. The zero-order chi connectivity index (χ0) is 23.0. The van der Waals surface area contributed by atoms with Gasteiger partial charge >= 0.3 is 0 Å². The van der Waals surface area contributed by atoms with Gasteiger partial charge in [-0.1, -0.05) is 84.9 Å². The molecule has 4 heteroatoms. The van der Waals surface area contributed by atoms with Crippen LogP contribution in [0.25, 0.3) is 0 Å². The predicted octanol–water partition coefficient (Wildman–Crippen LogP) is 5.23. The van der Waals surface area contributed by atoms with E-state index in [2.05, 4.69) is 24.3 Å². The predicted molar refractivity (Wildman–Crippen MR) is 128 cm³/mol. The van der Waals surface area contributed by atoms with Gasteiger partial charge in [-0.05, 0) is 48.9 Å². The molecule has 4 nitrogen and oxygen atoms in total. The third-order valence-corrected chi connectivity index (χ3v) is 7.05. The Balaban J connectivity index is 1.47. The molecule has 5 rings (SSSR count). The number of aliphatic hydroxyl groups excluding tert-OH is 1. The van der Waals surface area contributed by atoms with Gasteiger partial charge in [-0.2, -0.15) is 0 Å². The van der Waals surface area contributed by atoms with Crippen LogP contribution >= 0.6 is 0 Å². The minimum atomic E-state index is -0.706. The quantitative estimate of drug-likeness (QED) is 0.570. The first-order valence-corrected chi connectivity index (χ1v) is 11.8. The molecule has 0 radical (unpaired) electrons. The van der Waals surface area contributed by atoms with Crippen LogP contribution in [0.2, 0.25) is 0 Å². The second-order valence-electron chi connectivity index (χ2n) is 9.71. The highest BCUT2D eigenvalue weighted by Crippen LogP contribution is 2.49. The summed E-state index contributed by atoms with van der Waals surface area (Å²) in [5.41, 5.74) is 3.67. The molecule has 0 unspecified atom stereocenters. The van der Waals surface area contributed by atoms with Crippen LogP contribution in [0.3, 0.4) is 0 Å². The maximum absolute atomic E-state index is 14.2. The summed E-state index contributed by atoms with van der Waals surface area (Å²) >= 11 is 0. The molecule has 0 saturated carbocycles. The minimum Gasteiger partial charge on any atom is -0.388 e. The van der Waals surface area contributed by atoms with Crippen LogP contribution < -0.4 is 0 Å². The van der Waals surface area contributed by atoms with Crippen molar-refractivity contribution in [3.05, 3.63) is 107 Å². The van der Waals surface area contributed by atoms with E-state index in [4.69, 9.17) is 4.74 Å². The first-order valence-electron chi connectivity index (χ1n) is 11.8. The number of carbonyl (C=O) groups is 1. The van der Waals surface area contributed by atoms with Gasteiger partial charge in [0.1, 0.15) is 5.72 Å². The molecule has 1 fully saturated rings. The van der Waals surface area contributed by atoms with E-state index in [0.717, 1.165) is 17.5 Å². The summed E-state index contributed by atoms with van der Waals surface area (Å²) in [4.78, 5) is 16.2. The first kappa shape index (κ1) is 21.9. The lowest BCUT2D eigenvalue weighted by atomic mass is 9.89. The van der Waals surface area contributed by atoms with Crippen molar-refractivity contribution in [2.24, 2.45) is 5.92 Å². The summed E-state index contributed by atoms with van der Waals surface area (Å²) in [5.74, 6) is -0.319. The molecule has 3 aromatic carbocycles. The number of ether oxygens (including phenoxy) is 1. The van der Waals surface area contributed by atoms with Gasteiger partial charge < -0.3 is 14.7 Å². The molecule has 2 aliphatic rings. The highest BCUT2D eigenvalue weighted by atomic mass is 16.5. The van der Waals surface area contributed by atoms with Gasteiger partial charge in [-0.3, -0.25) is 4.79 Å². The number of aliphatic hydroxyl groups is 1. The Morgan fingerprint density at radius 3 is 2.36 bits per heavy atom. The van der Waals surface area contributed by atoms with Crippen LogP contribution in [0, 0.1) is 5.92 Å². The lowest BCUT2D eigenvalue weighted by Gasteiger charge is -2.37. The molecule has 1 N–H and O–H groups in total. The SMILES string of the molecule is CC1(C)O[C@@H]2Cc3ccccc3[C@@H]2N1C(=O)[C@H](Cc1ccccc1)C[C@@H](O)c1ccccc1. The van der Waals surface area contributed by atoms with Gasteiger partial charge in [0.05, 0.1) is 18.2 Å². The van der Waals surface area contributed by atoms with Crippen molar-refractivity contribution >= 4 is 5.91 Å². The Kier molecular flexibility index (Phi) is 5.81. The molecule has 0 bridgehead atoms. The van der Waals surface area contributed by atoms with E-state index >= 15 is 0 Å². The molecule has 1 heterocycles. The molecule has 1 amide bonds. The number of hydrogen-bond acceptors (Lipinski definition) is 3. The minimum absolute atomic E-state index is 0.0298. The van der Waals surface area contributed by atoms with Gasteiger partial charge in [0, 0.05) is 12.3 Å². The Bertz CT molecular complexity index is 1110. The van der Waals surface area contributed by atoms with Gasteiger partial charge in [0.15, 0.2) is 0 Å². The van der Waals surface area contributed by atoms with Crippen LogP contribution in [-0.4, -0.2) is 27.7 Å². The number of nitrogens with zero attached hydrogens (tertiary/aromatic N) is 1. The monoisotopic (exact) mass is 441 g/mol. The Morgan fingerprint density at radius 1 is 1.00 bits per heavy atom. The van der Waals surface area contributed by atoms with Gasteiger partial charge in [-0.15, -0.1) is 0 Å². The van der Waals surface area contributed by atoms with Crippen LogP contribution in [0.1, 0.15) is 54.7 Å². The Morgan fingerprint density at radius 2 is 1.64 bits per heavy atom. The first-order chi connectivity index (χ1) is 15.9. The van der Waals surface area contributed by atoms with Gasteiger partial charge in [0.25, 0.3) is 0 Å². The molecule has 170 valence electrons. The van der Waals surface area contributed by atoms with Crippen molar-refractivity contribution < 1.29 is 14.6 Å². The van der Waals surface area contributed by atoms with E-state index < -0.39 is 11.8 Å². The summed E-state index contributed by atoms with van der Waals surface area (Å²) < 4.78 is 6.42. The number of carbonyl (C=O) groups excluding carboxylic acids is 1. The van der Waals surface area contributed by atoms with Crippen molar-refractivity contribution in [3.63, 3.8) is 0 Å². The summed E-state index contributed by atoms with van der Waals surface area (Å²) in [5, 5.41) is 11.0. The van der Waals surface area contributed by atoms with Gasteiger partial charge in [-0.25, -0.2) is 0 Å². The van der Waals surface area contributed by atoms with Crippen molar-refractivity contribution in [3.8, 4) is 0 Å². The highest BCUT2D eigenvalue weighted by molar-refractivity contribution is 5.81. The fraction of sp³-hybridized carbons (Fsp3) is 0.345. The molecule has 1 saturated heterocycles. The normalized spacial score (nSPS) is 22.5. The van der Waals surface area contributed by atoms with Crippen LogP contribution in [0.5, 0.6) is 0 Å². The fourth-order valence-electron chi connectivity index (χ4n) is 5.56. The van der Waals surface area contributed by atoms with Gasteiger partial charge in [0.2, 0.25) is 5.91 Å². The molecule has 3 aromatic rings. The van der Waals surface area contributed by atoms with Crippen LogP contribution in [-0.2, 0) is 22.4 Å². The Labute approximate surface area is 195 Å². The number of amides is 1. The molecule has 4 atom stereocenters. The molecule has 33 heavy (non-hydrogen) atoms. The summed E-state index contributed by atoms with van der Waals surface area (Å²) in [6.45, 7) is 3.97. The number of benzene rings is 3. The van der Waals surface area contributed by atoms with E-state index in [1.165, 1.54) is 11.1 Å². The maximum atomic E-state index is 14.2. The summed E-state index contributed by atoms with van der Waals surface area (Å²) in [6, 6.07) is 27.9. The largest absolute Gasteiger partial charge is 0.388 e. The third kappa shape index (κ3) is 4.21. The van der Waals surface area contributed by atoms with E-state index in [1.807, 2.05) is 79.4 Å². The zero-order valence-electron chi connectivity index (χ0n) is 19.2. The molecule has 0 aromatic heterocycles. The second-order valence-corrected chi connectivity index (χ2v) is 9.71. The lowest BCUT2D eigenvalue weighted by Crippen LogP contribution is -2.48. The number of fused-ring (bicyclic) bond motifs is 3. The molecule has 1 aliphatic carbocycles. The van der Waals surface area contributed by atoms with Crippen LogP contribution in [0.4, 0.5) is 0 Å².